The van der Waals surface area contributed by atoms with E-state index < -0.39 is 12.1 Å². The quantitative estimate of drug-likeness (QED) is 0.596. The smallest absolute Gasteiger partial charge is 0.329 e. The molecule has 1 aromatic heterocycles. The first kappa shape index (κ1) is 21.8. The third kappa shape index (κ3) is 4.33. The van der Waals surface area contributed by atoms with Gasteiger partial charge in [0.05, 0.1) is 16.4 Å². The highest BCUT2D eigenvalue weighted by Gasteiger charge is 2.40. The lowest BCUT2D eigenvalue weighted by atomic mass is 9.98. The van der Waals surface area contributed by atoms with E-state index in [1.54, 1.807) is 23.2 Å². The van der Waals surface area contributed by atoms with E-state index in [9.17, 15) is 9.59 Å². The molecular formula is C24H30N2O4S. The van der Waals surface area contributed by atoms with Crippen molar-refractivity contribution in [3.05, 3.63) is 28.1 Å². The summed E-state index contributed by atoms with van der Waals surface area (Å²) in [4.78, 5) is 33.6. The summed E-state index contributed by atoms with van der Waals surface area (Å²) in [5.41, 5.74) is 2.41. The Kier molecular flexibility index (Phi) is 6.32. The molecule has 2 unspecified atom stereocenters. The highest BCUT2D eigenvalue weighted by Crippen LogP contribution is 2.40. The molecule has 1 aliphatic carbocycles. The molecule has 4 rings (SSSR count). The van der Waals surface area contributed by atoms with Gasteiger partial charge in [0.2, 0.25) is 0 Å². The molecule has 1 aliphatic heterocycles. The molecule has 2 aliphatic rings. The first-order valence-corrected chi connectivity index (χ1v) is 12.0. The van der Waals surface area contributed by atoms with Crippen LogP contribution in [0.25, 0.3) is 11.3 Å². The number of nitrogens with zero attached hydrogens (tertiary/aromatic N) is 2. The highest BCUT2D eigenvalue weighted by atomic mass is 32.1. The van der Waals surface area contributed by atoms with Crippen molar-refractivity contribution in [2.75, 3.05) is 4.90 Å². The molecule has 0 bridgehead atoms. The zero-order valence-electron chi connectivity index (χ0n) is 18.6. The molecule has 0 N–H and O–H groups in total. The SMILES string of the molecule is CCC1Oc2ccc(-c3nc(C)sc3C)cc2N(C(C)C(=O)OC2CCCCC2)C1=O. The number of anilines is 1. The van der Waals surface area contributed by atoms with Gasteiger partial charge in [0.15, 0.2) is 6.10 Å². The van der Waals surface area contributed by atoms with E-state index in [-0.39, 0.29) is 18.0 Å². The number of aryl methyl sites for hydroxylation is 2. The summed E-state index contributed by atoms with van der Waals surface area (Å²) in [5, 5.41) is 0.991. The number of rotatable bonds is 5. The third-order valence-electron chi connectivity index (χ3n) is 6.11. The normalized spacial score (nSPS) is 20.2. The monoisotopic (exact) mass is 442 g/mol. The van der Waals surface area contributed by atoms with Gasteiger partial charge in [-0.15, -0.1) is 11.3 Å². The molecule has 7 heteroatoms. The first-order chi connectivity index (χ1) is 14.9. The zero-order chi connectivity index (χ0) is 22.1. The Morgan fingerprint density at radius 1 is 1.29 bits per heavy atom. The number of amides is 1. The number of carbonyl (C=O) groups is 2. The van der Waals surface area contributed by atoms with Gasteiger partial charge in [-0.2, -0.15) is 0 Å². The number of ether oxygens (including phenoxy) is 2. The largest absolute Gasteiger partial charge is 0.478 e. The van der Waals surface area contributed by atoms with Crippen LogP contribution in [-0.2, 0) is 14.3 Å². The Morgan fingerprint density at radius 2 is 2.03 bits per heavy atom. The van der Waals surface area contributed by atoms with E-state index in [0.29, 0.717) is 17.9 Å². The van der Waals surface area contributed by atoms with Crippen LogP contribution in [0, 0.1) is 13.8 Å². The van der Waals surface area contributed by atoms with Gasteiger partial charge >= 0.3 is 5.97 Å². The molecule has 31 heavy (non-hydrogen) atoms. The molecule has 166 valence electrons. The number of hydrogen-bond acceptors (Lipinski definition) is 6. The third-order valence-corrected chi connectivity index (χ3v) is 7.00. The second-order valence-corrected chi connectivity index (χ2v) is 9.82. The van der Waals surface area contributed by atoms with E-state index in [2.05, 4.69) is 4.98 Å². The van der Waals surface area contributed by atoms with E-state index in [4.69, 9.17) is 9.47 Å². The maximum Gasteiger partial charge on any atom is 0.329 e. The molecule has 1 saturated carbocycles. The maximum atomic E-state index is 13.3. The summed E-state index contributed by atoms with van der Waals surface area (Å²) in [6, 6.07) is 5.02. The maximum absolute atomic E-state index is 13.3. The topological polar surface area (TPSA) is 68.7 Å². The summed E-state index contributed by atoms with van der Waals surface area (Å²) in [6.07, 6.45) is 5.03. The Morgan fingerprint density at radius 3 is 2.68 bits per heavy atom. The van der Waals surface area contributed by atoms with Crippen molar-refractivity contribution in [1.29, 1.82) is 0 Å². The highest BCUT2D eigenvalue weighted by molar-refractivity contribution is 7.11. The zero-order valence-corrected chi connectivity index (χ0v) is 19.5. The first-order valence-electron chi connectivity index (χ1n) is 11.2. The van der Waals surface area contributed by atoms with Crippen LogP contribution in [0.5, 0.6) is 5.75 Å². The summed E-state index contributed by atoms with van der Waals surface area (Å²) < 4.78 is 11.8. The standard InChI is InChI=1S/C24H30N2O4S/c1-5-20-23(27)26(14(2)24(28)29-18-9-7-6-8-10-18)19-13-17(11-12-21(19)30-20)22-15(3)31-16(4)25-22/h11-14,18,20H,5-10H2,1-4H3. The van der Waals surface area contributed by atoms with Crippen molar-refractivity contribution in [3.63, 3.8) is 0 Å². The van der Waals surface area contributed by atoms with Gasteiger partial charge in [-0.25, -0.2) is 9.78 Å². The van der Waals surface area contributed by atoms with Crippen LogP contribution < -0.4 is 9.64 Å². The van der Waals surface area contributed by atoms with Gasteiger partial charge in [0.1, 0.15) is 17.9 Å². The summed E-state index contributed by atoms with van der Waals surface area (Å²) in [7, 11) is 0. The molecule has 6 nitrogen and oxygen atoms in total. The average molecular weight is 443 g/mol. The van der Waals surface area contributed by atoms with Crippen molar-refractivity contribution < 1.29 is 19.1 Å². The van der Waals surface area contributed by atoms with Crippen LogP contribution >= 0.6 is 11.3 Å². The van der Waals surface area contributed by atoms with Crippen LogP contribution in [0.3, 0.4) is 0 Å². The number of thiazole rings is 1. The molecule has 2 heterocycles. The summed E-state index contributed by atoms with van der Waals surface area (Å²) in [5.74, 6) is 0.0533. The predicted molar refractivity (Wildman–Crippen MR) is 122 cm³/mol. The molecule has 2 atom stereocenters. The van der Waals surface area contributed by atoms with Crippen molar-refractivity contribution in [1.82, 2.24) is 4.98 Å². The molecule has 2 aromatic rings. The second kappa shape index (κ2) is 8.99. The molecule has 0 spiro atoms. The fourth-order valence-corrected chi connectivity index (χ4v) is 5.28. The van der Waals surface area contributed by atoms with Crippen LogP contribution in [-0.4, -0.2) is 35.1 Å². The summed E-state index contributed by atoms with van der Waals surface area (Å²) in [6.45, 7) is 7.67. The van der Waals surface area contributed by atoms with Gasteiger partial charge in [-0.05, 0) is 71.1 Å². The lowest BCUT2D eigenvalue weighted by molar-refractivity contribution is -0.153. The lowest BCUT2D eigenvalue weighted by Crippen LogP contribution is -2.53. The van der Waals surface area contributed by atoms with Crippen molar-refractivity contribution in [2.24, 2.45) is 0 Å². The van der Waals surface area contributed by atoms with Crippen LogP contribution in [0.4, 0.5) is 5.69 Å². The molecule has 1 aromatic carbocycles. The number of fused-ring (bicyclic) bond motifs is 1. The number of carbonyl (C=O) groups excluding carboxylic acids is 2. The average Bonchev–Trinajstić information content (AvgIpc) is 3.11. The van der Waals surface area contributed by atoms with Gasteiger partial charge < -0.3 is 9.47 Å². The number of esters is 1. The van der Waals surface area contributed by atoms with Crippen LogP contribution in [0.15, 0.2) is 18.2 Å². The minimum atomic E-state index is -0.723. The second-order valence-electron chi connectivity index (χ2n) is 8.42. The minimum absolute atomic E-state index is 0.0479. The Labute approximate surface area is 187 Å². The molecule has 1 amide bonds. The molecule has 1 fully saturated rings. The lowest BCUT2D eigenvalue weighted by Gasteiger charge is -2.37. The Hall–Kier alpha value is -2.41. The van der Waals surface area contributed by atoms with Gasteiger partial charge in [0, 0.05) is 10.4 Å². The van der Waals surface area contributed by atoms with Gasteiger partial charge in [-0.1, -0.05) is 13.3 Å². The van der Waals surface area contributed by atoms with E-state index in [1.807, 2.05) is 39.0 Å². The molecular weight excluding hydrogens is 412 g/mol. The fraction of sp³-hybridized carbons (Fsp3) is 0.542. The number of hydrogen-bond donors (Lipinski definition) is 0. The minimum Gasteiger partial charge on any atom is -0.478 e. The van der Waals surface area contributed by atoms with Crippen LogP contribution in [0.1, 0.15) is 62.3 Å². The van der Waals surface area contributed by atoms with E-state index in [0.717, 1.165) is 46.8 Å². The van der Waals surface area contributed by atoms with Crippen molar-refractivity contribution >= 4 is 28.9 Å². The molecule has 0 saturated heterocycles. The number of aromatic nitrogens is 1. The van der Waals surface area contributed by atoms with Crippen molar-refractivity contribution in [3.8, 4) is 17.0 Å². The fourth-order valence-electron chi connectivity index (χ4n) is 4.44. The Balaban J connectivity index is 1.67. The summed E-state index contributed by atoms with van der Waals surface area (Å²) >= 11 is 1.64. The van der Waals surface area contributed by atoms with Gasteiger partial charge in [-0.3, -0.25) is 9.69 Å². The molecule has 0 radical (unpaired) electrons. The van der Waals surface area contributed by atoms with Crippen molar-refractivity contribution in [2.45, 2.75) is 84.5 Å². The Bertz CT molecular complexity index is 980. The van der Waals surface area contributed by atoms with E-state index >= 15 is 0 Å². The van der Waals surface area contributed by atoms with E-state index in [1.165, 1.54) is 6.42 Å². The van der Waals surface area contributed by atoms with Crippen LogP contribution in [0.2, 0.25) is 0 Å². The number of benzene rings is 1. The van der Waals surface area contributed by atoms with Gasteiger partial charge in [0.25, 0.3) is 5.91 Å². The predicted octanol–water partition coefficient (Wildman–Crippen LogP) is 5.20.